The number of ether oxygens (including phenoxy) is 1. The van der Waals surface area contributed by atoms with Gasteiger partial charge in [-0.05, 0) is 62.4 Å². The van der Waals surface area contributed by atoms with Gasteiger partial charge in [-0.25, -0.2) is 0 Å². The number of rotatable bonds is 7. The highest BCUT2D eigenvalue weighted by Gasteiger charge is 2.16. The van der Waals surface area contributed by atoms with Crippen LogP contribution in [0.25, 0.3) is 27.5 Å². The fraction of sp³-hybridized carbons (Fsp3) is 0.192. The standard InChI is InChI=1S/C26H23NO4/c1-3-31-26(30)15-14-25(29)19-10-13-24-22(16-19)21-6-4-5-7-23(21)27(24)20-11-8-18(9-12-20)17(2)28/h4-13,16H,3,14-15H2,1-2H3. The van der Waals surface area contributed by atoms with Gasteiger partial charge in [0.15, 0.2) is 11.6 Å². The minimum atomic E-state index is -0.359. The first-order valence-corrected chi connectivity index (χ1v) is 10.3. The fourth-order valence-electron chi connectivity index (χ4n) is 3.86. The first-order chi connectivity index (χ1) is 15.0. The molecule has 0 radical (unpaired) electrons. The fourth-order valence-corrected chi connectivity index (χ4v) is 3.86. The monoisotopic (exact) mass is 413 g/mol. The summed E-state index contributed by atoms with van der Waals surface area (Å²) in [6.45, 7) is 3.61. The van der Waals surface area contributed by atoms with E-state index in [0.29, 0.717) is 17.7 Å². The van der Waals surface area contributed by atoms with Crippen molar-refractivity contribution in [3.63, 3.8) is 0 Å². The van der Waals surface area contributed by atoms with Crippen LogP contribution in [0.4, 0.5) is 0 Å². The lowest BCUT2D eigenvalue weighted by Crippen LogP contribution is -2.08. The highest BCUT2D eigenvalue weighted by molar-refractivity contribution is 6.12. The first kappa shape index (κ1) is 20.5. The van der Waals surface area contributed by atoms with Gasteiger partial charge in [-0.2, -0.15) is 0 Å². The number of hydrogen-bond donors (Lipinski definition) is 0. The third-order valence-electron chi connectivity index (χ3n) is 5.39. The van der Waals surface area contributed by atoms with Gasteiger partial charge < -0.3 is 9.30 Å². The topological polar surface area (TPSA) is 65.4 Å². The molecule has 1 heterocycles. The van der Waals surface area contributed by atoms with Crippen LogP contribution in [0.1, 0.15) is 47.4 Å². The molecule has 0 atom stereocenters. The van der Waals surface area contributed by atoms with Gasteiger partial charge >= 0.3 is 5.97 Å². The lowest BCUT2D eigenvalue weighted by molar-refractivity contribution is -0.143. The molecular formula is C26H23NO4. The second kappa shape index (κ2) is 8.56. The van der Waals surface area contributed by atoms with E-state index in [9.17, 15) is 14.4 Å². The molecule has 0 aliphatic heterocycles. The zero-order valence-corrected chi connectivity index (χ0v) is 17.6. The van der Waals surface area contributed by atoms with E-state index in [1.165, 1.54) is 0 Å². The van der Waals surface area contributed by atoms with Crippen molar-refractivity contribution in [2.75, 3.05) is 6.61 Å². The zero-order chi connectivity index (χ0) is 22.0. The van der Waals surface area contributed by atoms with Crippen LogP contribution in [0.15, 0.2) is 66.7 Å². The van der Waals surface area contributed by atoms with Gasteiger partial charge in [0.05, 0.1) is 24.1 Å². The number of benzene rings is 3. The number of carbonyl (C=O) groups is 3. The van der Waals surface area contributed by atoms with E-state index in [1.807, 2.05) is 60.7 Å². The molecule has 0 unspecified atom stereocenters. The second-order valence-corrected chi connectivity index (χ2v) is 7.42. The molecule has 4 aromatic rings. The number of esters is 1. The molecule has 3 aromatic carbocycles. The number of fused-ring (bicyclic) bond motifs is 3. The van der Waals surface area contributed by atoms with Crippen molar-refractivity contribution in [1.29, 1.82) is 0 Å². The average Bonchev–Trinajstić information content (AvgIpc) is 3.11. The lowest BCUT2D eigenvalue weighted by Gasteiger charge is -2.09. The third-order valence-corrected chi connectivity index (χ3v) is 5.39. The van der Waals surface area contributed by atoms with Crippen LogP contribution in [0, 0.1) is 0 Å². The van der Waals surface area contributed by atoms with Crippen molar-refractivity contribution in [2.45, 2.75) is 26.7 Å². The summed E-state index contributed by atoms with van der Waals surface area (Å²) in [4.78, 5) is 35.9. The normalized spacial score (nSPS) is 11.0. The molecule has 0 aliphatic rings. The van der Waals surface area contributed by atoms with Crippen LogP contribution in [0.2, 0.25) is 0 Å². The van der Waals surface area contributed by atoms with Gasteiger partial charge in [0.25, 0.3) is 0 Å². The van der Waals surface area contributed by atoms with Gasteiger partial charge in [-0.1, -0.05) is 18.2 Å². The number of Topliss-reactive ketones (excluding diaryl/α,β-unsaturated/α-hetero) is 2. The Kier molecular flexibility index (Phi) is 5.67. The molecule has 0 amide bonds. The van der Waals surface area contributed by atoms with E-state index in [1.54, 1.807) is 19.9 Å². The molecule has 0 saturated heterocycles. The maximum absolute atomic E-state index is 12.7. The van der Waals surface area contributed by atoms with E-state index in [2.05, 4.69) is 4.57 Å². The molecule has 4 rings (SSSR count). The maximum atomic E-state index is 12.7. The quantitative estimate of drug-likeness (QED) is 0.296. The van der Waals surface area contributed by atoms with Crippen LogP contribution in [-0.4, -0.2) is 28.7 Å². The smallest absolute Gasteiger partial charge is 0.306 e. The predicted octanol–water partition coefficient (Wildman–Crippen LogP) is 5.51. The summed E-state index contributed by atoms with van der Waals surface area (Å²) in [5.41, 5.74) is 4.17. The third kappa shape index (κ3) is 3.99. The summed E-state index contributed by atoms with van der Waals surface area (Å²) in [6, 6.07) is 21.2. The number of nitrogens with zero attached hydrogens (tertiary/aromatic N) is 1. The molecule has 156 valence electrons. The van der Waals surface area contributed by atoms with E-state index < -0.39 is 0 Å². The summed E-state index contributed by atoms with van der Waals surface area (Å²) in [5, 5.41) is 2.00. The van der Waals surface area contributed by atoms with Crippen molar-refractivity contribution < 1.29 is 19.1 Å². The molecule has 0 N–H and O–H groups in total. The Balaban J connectivity index is 1.77. The van der Waals surface area contributed by atoms with Crippen molar-refractivity contribution in [3.05, 3.63) is 77.9 Å². The van der Waals surface area contributed by atoms with Gasteiger partial charge in [0.1, 0.15) is 0 Å². The highest BCUT2D eigenvalue weighted by Crippen LogP contribution is 2.33. The van der Waals surface area contributed by atoms with E-state index >= 15 is 0 Å². The summed E-state index contributed by atoms with van der Waals surface area (Å²) < 4.78 is 7.04. The van der Waals surface area contributed by atoms with Crippen molar-refractivity contribution >= 4 is 39.3 Å². The number of hydrogen-bond acceptors (Lipinski definition) is 4. The lowest BCUT2D eigenvalue weighted by atomic mass is 10.0. The summed E-state index contributed by atoms with van der Waals surface area (Å²) in [5.74, 6) is -0.417. The van der Waals surface area contributed by atoms with Crippen molar-refractivity contribution in [1.82, 2.24) is 4.57 Å². The number of aromatic nitrogens is 1. The average molecular weight is 413 g/mol. The van der Waals surface area contributed by atoms with Gasteiger partial charge in [0, 0.05) is 34.0 Å². The Hall–Kier alpha value is -3.73. The SMILES string of the molecule is CCOC(=O)CCC(=O)c1ccc2c(c1)c1ccccc1n2-c1ccc(C(C)=O)cc1. The molecule has 0 aliphatic carbocycles. The minimum Gasteiger partial charge on any atom is -0.466 e. The number of para-hydroxylation sites is 1. The molecule has 0 spiro atoms. The number of carbonyl (C=O) groups excluding carboxylic acids is 3. The number of ketones is 2. The molecule has 5 heteroatoms. The predicted molar refractivity (Wildman–Crippen MR) is 121 cm³/mol. The molecular weight excluding hydrogens is 390 g/mol. The van der Waals surface area contributed by atoms with Gasteiger partial charge in [-0.15, -0.1) is 0 Å². The van der Waals surface area contributed by atoms with Crippen LogP contribution in [-0.2, 0) is 9.53 Å². The highest BCUT2D eigenvalue weighted by atomic mass is 16.5. The maximum Gasteiger partial charge on any atom is 0.306 e. The Morgan fingerprint density at radius 3 is 2.19 bits per heavy atom. The molecule has 1 aromatic heterocycles. The van der Waals surface area contributed by atoms with Gasteiger partial charge in [-0.3, -0.25) is 14.4 Å². The summed E-state index contributed by atoms with van der Waals surface area (Å²) in [6.07, 6.45) is 0.199. The Morgan fingerprint density at radius 1 is 0.806 bits per heavy atom. The molecule has 0 saturated carbocycles. The van der Waals surface area contributed by atoms with E-state index in [0.717, 1.165) is 27.5 Å². The molecule has 5 nitrogen and oxygen atoms in total. The molecule has 31 heavy (non-hydrogen) atoms. The minimum absolute atomic E-state index is 0.0275. The van der Waals surface area contributed by atoms with Crippen LogP contribution >= 0.6 is 0 Å². The van der Waals surface area contributed by atoms with Gasteiger partial charge in [0.2, 0.25) is 0 Å². The summed E-state index contributed by atoms with van der Waals surface area (Å²) in [7, 11) is 0. The van der Waals surface area contributed by atoms with E-state index in [4.69, 9.17) is 4.74 Å². The Morgan fingerprint density at radius 2 is 1.48 bits per heavy atom. The van der Waals surface area contributed by atoms with Crippen molar-refractivity contribution in [3.8, 4) is 5.69 Å². The Labute approximate surface area is 180 Å². The Bertz CT molecular complexity index is 1300. The first-order valence-electron chi connectivity index (χ1n) is 10.3. The van der Waals surface area contributed by atoms with Crippen LogP contribution in [0.3, 0.4) is 0 Å². The van der Waals surface area contributed by atoms with Crippen LogP contribution in [0.5, 0.6) is 0 Å². The van der Waals surface area contributed by atoms with Crippen LogP contribution < -0.4 is 0 Å². The summed E-state index contributed by atoms with van der Waals surface area (Å²) >= 11 is 0. The van der Waals surface area contributed by atoms with E-state index in [-0.39, 0.29) is 30.4 Å². The zero-order valence-electron chi connectivity index (χ0n) is 17.6. The van der Waals surface area contributed by atoms with Crippen molar-refractivity contribution in [2.24, 2.45) is 0 Å². The second-order valence-electron chi connectivity index (χ2n) is 7.42. The molecule has 0 bridgehead atoms. The largest absolute Gasteiger partial charge is 0.466 e. The molecule has 0 fully saturated rings.